The maximum atomic E-state index is 12.8. The minimum atomic E-state index is -0.0708. The van der Waals surface area contributed by atoms with Crippen molar-refractivity contribution in [3.8, 4) is 11.4 Å². The highest BCUT2D eigenvalue weighted by atomic mass is 16.1. The number of para-hydroxylation sites is 2. The molecule has 4 heteroatoms. The van der Waals surface area contributed by atoms with Crippen LogP contribution < -0.4 is 5.32 Å². The molecule has 4 nitrogen and oxygen atoms in total. The van der Waals surface area contributed by atoms with Gasteiger partial charge < -0.3 is 9.88 Å². The predicted octanol–water partition coefficient (Wildman–Crippen LogP) is 5.72. The Hall–Kier alpha value is -4.18. The van der Waals surface area contributed by atoms with Gasteiger partial charge in [0.05, 0.1) is 11.0 Å². The summed E-state index contributed by atoms with van der Waals surface area (Å²) < 4.78 is 2.22. The predicted molar refractivity (Wildman–Crippen MR) is 133 cm³/mol. The van der Waals surface area contributed by atoms with Gasteiger partial charge in [0.1, 0.15) is 5.82 Å². The Morgan fingerprint density at radius 1 is 0.758 bits per heavy atom. The third-order valence-corrected chi connectivity index (χ3v) is 5.76. The Kier molecular flexibility index (Phi) is 5.98. The lowest BCUT2D eigenvalue weighted by atomic mass is 10.1. The van der Waals surface area contributed by atoms with E-state index in [-0.39, 0.29) is 5.91 Å². The fraction of sp³-hybridized carbons (Fsp3) is 0.103. The highest BCUT2D eigenvalue weighted by molar-refractivity contribution is 5.95. The van der Waals surface area contributed by atoms with Crippen molar-refractivity contribution in [3.05, 3.63) is 126 Å². The molecule has 0 saturated heterocycles. The lowest BCUT2D eigenvalue weighted by Gasteiger charge is -2.11. The summed E-state index contributed by atoms with van der Waals surface area (Å²) in [5.74, 6) is 0.789. The Bertz CT molecular complexity index is 1370. The van der Waals surface area contributed by atoms with Gasteiger partial charge in [-0.2, -0.15) is 0 Å². The van der Waals surface area contributed by atoms with Crippen LogP contribution >= 0.6 is 0 Å². The molecular formula is C29H25N3O. The zero-order chi connectivity index (χ0) is 22.5. The number of hydrogen-bond donors (Lipinski definition) is 1. The largest absolute Gasteiger partial charge is 0.352 e. The zero-order valence-corrected chi connectivity index (χ0v) is 18.3. The topological polar surface area (TPSA) is 46.9 Å². The van der Waals surface area contributed by atoms with Crippen LogP contribution in [0.25, 0.3) is 22.4 Å². The van der Waals surface area contributed by atoms with Gasteiger partial charge in [-0.3, -0.25) is 4.79 Å². The Morgan fingerprint density at radius 2 is 1.45 bits per heavy atom. The molecule has 0 fully saturated rings. The molecule has 33 heavy (non-hydrogen) atoms. The van der Waals surface area contributed by atoms with Gasteiger partial charge in [0.25, 0.3) is 5.91 Å². The van der Waals surface area contributed by atoms with Gasteiger partial charge in [-0.05, 0) is 41.8 Å². The fourth-order valence-electron chi connectivity index (χ4n) is 4.09. The molecule has 0 aliphatic rings. The monoisotopic (exact) mass is 431 g/mol. The van der Waals surface area contributed by atoms with Crippen molar-refractivity contribution in [1.82, 2.24) is 14.9 Å². The van der Waals surface area contributed by atoms with Crippen LogP contribution in [-0.4, -0.2) is 22.0 Å². The summed E-state index contributed by atoms with van der Waals surface area (Å²) in [6, 6.07) is 36.4. The number of nitrogens with zero attached hydrogens (tertiary/aromatic N) is 2. The molecule has 0 radical (unpaired) electrons. The molecule has 0 aliphatic carbocycles. The third-order valence-electron chi connectivity index (χ3n) is 5.76. The van der Waals surface area contributed by atoms with Crippen LogP contribution in [0.5, 0.6) is 0 Å². The molecule has 5 aromatic rings. The molecule has 0 saturated carbocycles. The molecule has 1 heterocycles. The normalized spacial score (nSPS) is 10.9. The number of fused-ring (bicyclic) bond motifs is 1. The van der Waals surface area contributed by atoms with Crippen molar-refractivity contribution >= 4 is 16.9 Å². The highest BCUT2D eigenvalue weighted by Crippen LogP contribution is 2.26. The summed E-state index contributed by atoms with van der Waals surface area (Å²) in [6.45, 7) is 1.31. The van der Waals surface area contributed by atoms with Crippen LogP contribution in [0.1, 0.15) is 21.5 Å². The number of hydrogen-bond acceptors (Lipinski definition) is 2. The molecule has 0 atom stereocenters. The van der Waals surface area contributed by atoms with Crippen molar-refractivity contribution in [2.24, 2.45) is 0 Å². The maximum Gasteiger partial charge on any atom is 0.251 e. The van der Waals surface area contributed by atoms with E-state index in [9.17, 15) is 4.79 Å². The van der Waals surface area contributed by atoms with Gasteiger partial charge >= 0.3 is 0 Å². The van der Waals surface area contributed by atoms with Crippen molar-refractivity contribution in [2.45, 2.75) is 13.0 Å². The SMILES string of the molecule is O=C(NCCc1ccccc1)c1cccc(-c2nc3ccccc3n2Cc2ccccc2)c1. The Labute approximate surface area is 193 Å². The number of benzene rings is 4. The molecule has 0 aliphatic heterocycles. The van der Waals surface area contributed by atoms with Gasteiger partial charge in [0, 0.05) is 24.2 Å². The van der Waals surface area contributed by atoms with Gasteiger partial charge in [0.15, 0.2) is 0 Å². The first-order valence-electron chi connectivity index (χ1n) is 11.2. The van der Waals surface area contributed by atoms with Crippen LogP contribution in [-0.2, 0) is 13.0 Å². The summed E-state index contributed by atoms with van der Waals surface area (Å²) in [5.41, 5.74) is 6.00. The molecular weight excluding hydrogens is 406 g/mol. The van der Waals surface area contributed by atoms with Crippen molar-refractivity contribution in [2.75, 3.05) is 6.54 Å². The minimum Gasteiger partial charge on any atom is -0.352 e. The molecule has 1 N–H and O–H groups in total. The molecule has 0 unspecified atom stereocenters. The highest BCUT2D eigenvalue weighted by Gasteiger charge is 2.15. The lowest BCUT2D eigenvalue weighted by molar-refractivity contribution is 0.0954. The van der Waals surface area contributed by atoms with E-state index in [1.54, 1.807) is 0 Å². The van der Waals surface area contributed by atoms with Crippen LogP contribution in [0, 0.1) is 0 Å². The van der Waals surface area contributed by atoms with Crippen LogP contribution in [0.3, 0.4) is 0 Å². The number of rotatable bonds is 7. The van der Waals surface area contributed by atoms with E-state index in [1.807, 2.05) is 66.7 Å². The lowest BCUT2D eigenvalue weighted by Crippen LogP contribution is -2.25. The summed E-state index contributed by atoms with van der Waals surface area (Å²) in [4.78, 5) is 17.7. The molecule has 0 bridgehead atoms. The summed E-state index contributed by atoms with van der Waals surface area (Å²) in [5, 5.41) is 3.04. The second kappa shape index (κ2) is 9.53. The molecule has 162 valence electrons. The average Bonchev–Trinajstić information content (AvgIpc) is 3.24. The van der Waals surface area contributed by atoms with Gasteiger partial charge in [-0.1, -0.05) is 84.9 Å². The first kappa shape index (κ1) is 20.7. The quantitative estimate of drug-likeness (QED) is 0.358. The maximum absolute atomic E-state index is 12.8. The van der Waals surface area contributed by atoms with Gasteiger partial charge in [0.2, 0.25) is 0 Å². The van der Waals surface area contributed by atoms with Crippen LogP contribution in [0.4, 0.5) is 0 Å². The van der Waals surface area contributed by atoms with E-state index in [1.165, 1.54) is 11.1 Å². The van der Waals surface area contributed by atoms with E-state index in [0.29, 0.717) is 18.7 Å². The van der Waals surface area contributed by atoms with Crippen molar-refractivity contribution < 1.29 is 4.79 Å². The molecule has 1 amide bonds. The summed E-state index contributed by atoms with van der Waals surface area (Å²) >= 11 is 0. The third kappa shape index (κ3) is 4.70. The molecule has 0 spiro atoms. The minimum absolute atomic E-state index is 0.0708. The van der Waals surface area contributed by atoms with Crippen molar-refractivity contribution in [1.29, 1.82) is 0 Å². The van der Waals surface area contributed by atoms with Crippen LogP contribution in [0.15, 0.2) is 109 Å². The Balaban J connectivity index is 1.41. The molecule has 1 aromatic heterocycles. The van der Waals surface area contributed by atoms with E-state index >= 15 is 0 Å². The number of amides is 1. The van der Waals surface area contributed by atoms with Crippen molar-refractivity contribution in [3.63, 3.8) is 0 Å². The standard InChI is InChI=1S/C29H25N3O/c33-29(30-19-18-22-10-3-1-4-11-22)25-15-9-14-24(20-25)28-31-26-16-7-8-17-27(26)32(28)21-23-12-5-2-6-13-23/h1-17,20H,18-19,21H2,(H,30,33). The van der Waals surface area contributed by atoms with E-state index in [4.69, 9.17) is 4.98 Å². The van der Waals surface area contributed by atoms with E-state index in [0.717, 1.165) is 28.8 Å². The molecule has 4 aromatic carbocycles. The smallest absolute Gasteiger partial charge is 0.251 e. The summed E-state index contributed by atoms with van der Waals surface area (Å²) in [6.07, 6.45) is 0.805. The first-order chi connectivity index (χ1) is 16.3. The number of carbonyl (C=O) groups excluding carboxylic acids is 1. The van der Waals surface area contributed by atoms with Crippen LogP contribution in [0.2, 0.25) is 0 Å². The Morgan fingerprint density at radius 3 is 2.24 bits per heavy atom. The first-order valence-corrected chi connectivity index (χ1v) is 11.2. The van der Waals surface area contributed by atoms with E-state index in [2.05, 4.69) is 52.3 Å². The number of nitrogens with one attached hydrogen (secondary N) is 1. The van der Waals surface area contributed by atoms with Gasteiger partial charge in [-0.15, -0.1) is 0 Å². The zero-order valence-electron chi connectivity index (χ0n) is 18.3. The average molecular weight is 432 g/mol. The number of imidazole rings is 1. The second-order valence-electron chi connectivity index (χ2n) is 8.07. The van der Waals surface area contributed by atoms with Gasteiger partial charge in [-0.25, -0.2) is 4.98 Å². The van der Waals surface area contributed by atoms with E-state index < -0.39 is 0 Å². The molecule has 5 rings (SSSR count). The number of carbonyl (C=O) groups is 1. The summed E-state index contributed by atoms with van der Waals surface area (Å²) in [7, 11) is 0. The second-order valence-corrected chi connectivity index (χ2v) is 8.07. The number of aromatic nitrogens is 2. The fourth-order valence-corrected chi connectivity index (χ4v) is 4.09.